The van der Waals surface area contributed by atoms with Crippen molar-refractivity contribution >= 4 is 6.09 Å². The third kappa shape index (κ3) is 4.10. The normalized spacial score (nSPS) is 12.2. The standard InChI is InChI=1S/C14H21NO2/c1-4-11(2)13-7-5-12(6-8-13)9-10-15(3)14(16)17/h5-8,11H,4,9-10H2,1-3H3,(H,16,17). The molecule has 0 spiro atoms. The summed E-state index contributed by atoms with van der Waals surface area (Å²) in [5, 5.41) is 8.73. The fraction of sp³-hybridized carbons (Fsp3) is 0.500. The van der Waals surface area contributed by atoms with Crippen molar-refractivity contribution < 1.29 is 9.90 Å². The molecule has 0 fully saturated rings. The molecule has 3 heteroatoms. The van der Waals surface area contributed by atoms with Crippen LogP contribution in [0.25, 0.3) is 0 Å². The predicted molar refractivity (Wildman–Crippen MR) is 69.5 cm³/mol. The fourth-order valence-electron chi connectivity index (χ4n) is 1.64. The van der Waals surface area contributed by atoms with Gasteiger partial charge in [-0.05, 0) is 29.9 Å². The molecule has 0 bridgehead atoms. The van der Waals surface area contributed by atoms with Gasteiger partial charge < -0.3 is 10.0 Å². The van der Waals surface area contributed by atoms with E-state index in [-0.39, 0.29) is 0 Å². The highest BCUT2D eigenvalue weighted by atomic mass is 16.4. The van der Waals surface area contributed by atoms with Crippen molar-refractivity contribution in [2.75, 3.05) is 13.6 Å². The van der Waals surface area contributed by atoms with Crippen molar-refractivity contribution in [1.82, 2.24) is 4.90 Å². The van der Waals surface area contributed by atoms with Gasteiger partial charge in [0.25, 0.3) is 0 Å². The highest BCUT2D eigenvalue weighted by Crippen LogP contribution is 2.18. The first-order valence-electron chi connectivity index (χ1n) is 6.07. The minimum Gasteiger partial charge on any atom is -0.465 e. The fourth-order valence-corrected chi connectivity index (χ4v) is 1.64. The number of carbonyl (C=O) groups is 1. The summed E-state index contributed by atoms with van der Waals surface area (Å²) in [4.78, 5) is 11.9. The monoisotopic (exact) mass is 235 g/mol. The van der Waals surface area contributed by atoms with E-state index in [1.165, 1.54) is 16.0 Å². The van der Waals surface area contributed by atoms with Crippen LogP contribution in [0.15, 0.2) is 24.3 Å². The number of hydrogen-bond donors (Lipinski definition) is 1. The van der Waals surface area contributed by atoms with Crippen LogP contribution >= 0.6 is 0 Å². The van der Waals surface area contributed by atoms with Crippen LogP contribution in [0.2, 0.25) is 0 Å². The summed E-state index contributed by atoms with van der Waals surface area (Å²) in [6, 6.07) is 8.48. The molecule has 3 nitrogen and oxygen atoms in total. The van der Waals surface area contributed by atoms with Gasteiger partial charge in [0.1, 0.15) is 0 Å². The van der Waals surface area contributed by atoms with Crippen molar-refractivity contribution in [3.8, 4) is 0 Å². The van der Waals surface area contributed by atoms with Crippen LogP contribution < -0.4 is 0 Å². The molecule has 1 aromatic carbocycles. The van der Waals surface area contributed by atoms with E-state index in [9.17, 15) is 4.79 Å². The summed E-state index contributed by atoms with van der Waals surface area (Å²) < 4.78 is 0. The van der Waals surface area contributed by atoms with Gasteiger partial charge >= 0.3 is 6.09 Å². The first-order valence-corrected chi connectivity index (χ1v) is 6.07. The molecule has 0 saturated heterocycles. The van der Waals surface area contributed by atoms with Gasteiger partial charge in [-0.1, -0.05) is 38.1 Å². The SMILES string of the molecule is CCC(C)c1ccc(CCN(C)C(=O)O)cc1. The second-order valence-electron chi connectivity index (χ2n) is 4.51. The van der Waals surface area contributed by atoms with E-state index >= 15 is 0 Å². The van der Waals surface area contributed by atoms with Gasteiger partial charge in [-0.25, -0.2) is 4.79 Å². The van der Waals surface area contributed by atoms with Gasteiger partial charge in [0.15, 0.2) is 0 Å². The lowest BCUT2D eigenvalue weighted by Gasteiger charge is -2.13. The number of hydrogen-bond acceptors (Lipinski definition) is 1. The zero-order chi connectivity index (χ0) is 12.8. The highest BCUT2D eigenvalue weighted by molar-refractivity contribution is 5.64. The van der Waals surface area contributed by atoms with Crippen LogP contribution in [0, 0.1) is 0 Å². The van der Waals surface area contributed by atoms with E-state index in [1.54, 1.807) is 7.05 Å². The third-order valence-corrected chi connectivity index (χ3v) is 3.22. The van der Waals surface area contributed by atoms with Gasteiger partial charge in [-0.15, -0.1) is 0 Å². The molecule has 1 rings (SSSR count). The molecule has 1 N–H and O–H groups in total. The second kappa shape index (κ2) is 6.28. The molecule has 1 unspecified atom stereocenters. The maximum atomic E-state index is 10.6. The van der Waals surface area contributed by atoms with Crippen LogP contribution in [0.1, 0.15) is 37.3 Å². The van der Waals surface area contributed by atoms with Gasteiger partial charge in [0, 0.05) is 13.6 Å². The minimum atomic E-state index is -0.874. The Kier molecular flexibility index (Phi) is 5.01. The largest absolute Gasteiger partial charge is 0.465 e. The summed E-state index contributed by atoms with van der Waals surface area (Å²) in [5.41, 5.74) is 2.54. The molecule has 94 valence electrons. The van der Waals surface area contributed by atoms with Crippen LogP contribution in [-0.4, -0.2) is 29.7 Å². The van der Waals surface area contributed by atoms with Crippen LogP contribution in [0.3, 0.4) is 0 Å². The molecule has 0 radical (unpaired) electrons. The smallest absolute Gasteiger partial charge is 0.407 e. The summed E-state index contributed by atoms with van der Waals surface area (Å²) in [6.45, 7) is 4.94. The number of rotatable bonds is 5. The lowest BCUT2D eigenvalue weighted by Crippen LogP contribution is -2.26. The summed E-state index contributed by atoms with van der Waals surface area (Å²) >= 11 is 0. The molecule has 0 heterocycles. The molecule has 0 aromatic heterocycles. The Balaban J connectivity index is 2.54. The number of likely N-dealkylation sites (N-methyl/N-ethyl adjacent to an activating group) is 1. The Morgan fingerprint density at radius 1 is 1.35 bits per heavy atom. The molecule has 0 aliphatic heterocycles. The summed E-state index contributed by atoms with van der Waals surface area (Å²) in [6.07, 6.45) is 1.03. The Morgan fingerprint density at radius 3 is 2.41 bits per heavy atom. The molecule has 1 atom stereocenters. The number of carboxylic acid groups (broad SMARTS) is 1. The van der Waals surface area contributed by atoms with E-state index in [0.29, 0.717) is 12.5 Å². The third-order valence-electron chi connectivity index (χ3n) is 3.22. The Morgan fingerprint density at radius 2 is 1.94 bits per heavy atom. The van der Waals surface area contributed by atoms with Gasteiger partial charge in [-0.2, -0.15) is 0 Å². The van der Waals surface area contributed by atoms with Gasteiger partial charge in [-0.3, -0.25) is 0 Å². The lowest BCUT2D eigenvalue weighted by molar-refractivity contribution is 0.156. The summed E-state index contributed by atoms with van der Waals surface area (Å²) in [7, 11) is 1.59. The second-order valence-corrected chi connectivity index (χ2v) is 4.51. The van der Waals surface area contributed by atoms with E-state index < -0.39 is 6.09 Å². The first-order chi connectivity index (χ1) is 8.04. The highest BCUT2D eigenvalue weighted by Gasteiger charge is 2.06. The van der Waals surface area contributed by atoms with Crippen molar-refractivity contribution in [2.24, 2.45) is 0 Å². The van der Waals surface area contributed by atoms with E-state index in [2.05, 4.69) is 38.1 Å². The number of amides is 1. The Labute approximate surface area is 103 Å². The summed E-state index contributed by atoms with van der Waals surface area (Å²) in [5.74, 6) is 0.589. The van der Waals surface area contributed by atoms with Crippen molar-refractivity contribution in [3.05, 3.63) is 35.4 Å². The molecule has 1 amide bonds. The molecule has 0 aliphatic rings. The van der Waals surface area contributed by atoms with E-state index in [4.69, 9.17) is 5.11 Å². The van der Waals surface area contributed by atoms with Crippen LogP contribution in [0.4, 0.5) is 4.79 Å². The van der Waals surface area contributed by atoms with Crippen molar-refractivity contribution in [3.63, 3.8) is 0 Å². The molecule has 17 heavy (non-hydrogen) atoms. The molecule has 0 saturated carbocycles. The maximum absolute atomic E-state index is 10.6. The molecule has 0 aliphatic carbocycles. The van der Waals surface area contributed by atoms with Crippen LogP contribution in [-0.2, 0) is 6.42 Å². The molecular formula is C14H21NO2. The lowest BCUT2D eigenvalue weighted by atomic mass is 9.97. The predicted octanol–water partition coefficient (Wildman–Crippen LogP) is 3.35. The molecular weight excluding hydrogens is 214 g/mol. The molecule has 1 aromatic rings. The zero-order valence-electron chi connectivity index (χ0n) is 10.8. The maximum Gasteiger partial charge on any atom is 0.407 e. The Bertz CT molecular complexity index is 359. The van der Waals surface area contributed by atoms with Gasteiger partial charge in [0.05, 0.1) is 0 Å². The average molecular weight is 235 g/mol. The minimum absolute atomic E-state index is 0.540. The van der Waals surface area contributed by atoms with Crippen LogP contribution in [0.5, 0.6) is 0 Å². The van der Waals surface area contributed by atoms with E-state index in [0.717, 1.165) is 12.8 Å². The first kappa shape index (κ1) is 13.6. The van der Waals surface area contributed by atoms with Crippen molar-refractivity contribution in [2.45, 2.75) is 32.6 Å². The number of nitrogens with zero attached hydrogens (tertiary/aromatic N) is 1. The average Bonchev–Trinajstić information content (AvgIpc) is 2.35. The number of benzene rings is 1. The van der Waals surface area contributed by atoms with Gasteiger partial charge in [0.2, 0.25) is 0 Å². The zero-order valence-corrected chi connectivity index (χ0v) is 10.8. The topological polar surface area (TPSA) is 40.5 Å². The van der Waals surface area contributed by atoms with Crippen molar-refractivity contribution in [1.29, 1.82) is 0 Å². The quantitative estimate of drug-likeness (QED) is 0.850. The van der Waals surface area contributed by atoms with E-state index in [1.807, 2.05) is 0 Å². The Hall–Kier alpha value is -1.51.